The number of rotatable bonds is 4. The molecule has 1 aliphatic rings. The fraction of sp³-hybridized carbons (Fsp3) is 0.545. The number of carbonyl (C=O) groups excluding carboxylic acids is 1. The van der Waals surface area contributed by atoms with E-state index in [1.165, 1.54) is 19.0 Å². The molecular formula is C11H17N5O. The van der Waals surface area contributed by atoms with Gasteiger partial charge >= 0.3 is 0 Å². The average Bonchev–Trinajstić information content (AvgIpc) is 2.80. The Balaban J connectivity index is 2.25. The van der Waals surface area contributed by atoms with Crippen LogP contribution in [0.4, 0.5) is 11.6 Å². The van der Waals surface area contributed by atoms with Crippen molar-refractivity contribution in [3.8, 4) is 0 Å². The maximum atomic E-state index is 11.1. The van der Waals surface area contributed by atoms with E-state index in [1.807, 2.05) is 4.90 Å². The molecule has 2 rings (SSSR count). The monoisotopic (exact) mass is 235 g/mol. The fourth-order valence-corrected chi connectivity index (χ4v) is 2.32. The lowest BCUT2D eigenvalue weighted by Gasteiger charge is -2.29. The lowest BCUT2D eigenvalue weighted by Crippen LogP contribution is -2.41. The van der Waals surface area contributed by atoms with E-state index in [-0.39, 0.29) is 12.5 Å². The van der Waals surface area contributed by atoms with Gasteiger partial charge in [0.15, 0.2) is 11.6 Å². The van der Waals surface area contributed by atoms with Crippen LogP contribution in [-0.4, -0.2) is 28.5 Å². The lowest BCUT2D eigenvalue weighted by atomic mass is 10.2. The molecule has 1 aromatic rings. The highest BCUT2D eigenvalue weighted by atomic mass is 16.1. The highest BCUT2D eigenvalue weighted by Gasteiger charge is 2.26. The van der Waals surface area contributed by atoms with Gasteiger partial charge in [-0.1, -0.05) is 12.8 Å². The van der Waals surface area contributed by atoms with Crippen LogP contribution in [0.25, 0.3) is 0 Å². The minimum Gasteiger partial charge on any atom is -0.381 e. The first-order valence-corrected chi connectivity index (χ1v) is 5.80. The van der Waals surface area contributed by atoms with Crippen LogP contribution in [0.2, 0.25) is 0 Å². The Labute approximate surface area is 100 Å². The molecule has 1 heterocycles. The number of primary amides is 1. The van der Waals surface area contributed by atoms with E-state index in [4.69, 9.17) is 11.5 Å². The summed E-state index contributed by atoms with van der Waals surface area (Å²) in [6.45, 7) is 0.146. The number of aromatic nitrogens is 2. The second kappa shape index (κ2) is 4.99. The van der Waals surface area contributed by atoms with Crippen molar-refractivity contribution in [3.63, 3.8) is 0 Å². The Morgan fingerprint density at radius 3 is 2.59 bits per heavy atom. The molecule has 1 amide bonds. The SMILES string of the molecule is NC(=O)CN(c1nccnc1N)C1CCCC1. The van der Waals surface area contributed by atoms with Crippen molar-refractivity contribution in [1.29, 1.82) is 0 Å². The smallest absolute Gasteiger partial charge is 0.237 e. The quantitative estimate of drug-likeness (QED) is 0.781. The van der Waals surface area contributed by atoms with Crippen LogP contribution in [0, 0.1) is 0 Å². The summed E-state index contributed by atoms with van der Waals surface area (Å²) in [4.78, 5) is 21.2. The van der Waals surface area contributed by atoms with E-state index in [9.17, 15) is 4.79 Å². The summed E-state index contributed by atoms with van der Waals surface area (Å²) in [5, 5.41) is 0. The average molecular weight is 235 g/mol. The zero-order chi connectivity index (χ0) is 12.3. The summed E-state index contributed by atoms with van der Waals surface area (Å²) in [6, 6.07) is 0.293. The molecule has 0 unspecified atom stereocenters. The molecule has 4 N–H and O–H groups in total. The van der Waals surface area contributed by atoms with Crippen molar-refractivity contribution < 1.29 is 4.79 Å². The van der Waals surface area contributed by atoms with Gasteiger partial charge in [0.25, 0.3) is 0 Å². The Kier molecular flexibility index (Phi) is 3.41. The predicted molar refractivity (Wildman–Crippen MR) is 65.2 cm³/mol. The number of amides is 1. The summed E-state index contributed by atoms with van der Waals surface area (Å²) in [5.74, 6) is 0.542. The van der Waals surface area contributed by atoms with Gasteiger partial charge in [-0.3, -0.25) is 4.79 Å². The van der Waals surface area contributed by atoms with Crippen LogP contribution in [0.5, 0.6) is 0 Å². The number of anilines is 2. The van der Waals surface area contributed by atoms with Crippen LogP contribution in [-0.2, 0) is 4.79 Å². The topological polar surface area (TPSA) is 98.1 Å². The summed E-state index contributed by atoms with van der Waals surface area (Å²) < 4.78 is 0. The molecule has 1 aliphatic carbocycles. The molecule has 0 spiro atoms. The largest absolute Gasteiger partial charge is 0.381 e. The first-order valence-electron chi connectivity index (χ1n) is 5.80. The summed E-state index contributed by atoms with van der Waals surface area (Å²) >= 11 is 0. The summed E-state index contributed by atoms with van der Waals surface area (Å²) in [6.07, 6.45) is 7.54. The molecule has 1 saturated carbocycles. The standard InChI is InChI=1S/C11H17N5O/c12-9(17)7-16(8-3-1-2-4-8)11-10(13)14-5-6-15-11/h5-6,8H,1-4,7H2,(H2,12,17)(H2,13,14). The van der Waals surface area contributed by atoms with Crippen molar-refractivity contribution in [2.45, 2.75) is 31.7 Å². The Morgan fingerprint density at radius 2 is 2.00 bits per heavy atom. The molecule has 1 aromatic heterocycles. The molecule has 6 heteroatoms. The van der Waals surface area contributed by atoms with Crippen LogP contribution in [0.3, 0.4) is 0 Å². The normalized spacial score (nSPS) is 16.0. The number of nitrogen functional groups attached to an aromatic ring is 1. The van der Waals surface area contributed by atoms with Gasteiger partial charge in [0.05, 0.1) is 6.54 Å². The van der Waals surface area contributed by atoms with Gasteiger partial charge in [0.2, 0.25) is 5.91 Å². The molecule has 0 bridgehead atoms. The predicted octanol–water partition coefficient (Wildman–Crippen LogP) is 0.293. The van der Waals surface area contributed by atoms with E-state index >= 15 is 0 Å². The van der Waals surface area contributed by atoms with Crippen molar-refractivity contribution >= 4 is 17.5 Å². The first-order chi connectivity index (χ1) is 8.18. The van der Waals surface area contributed by atoms with Gasteiger partial charge in [-0.05, 0) is 12.8 Å². The number of hydrogen-bond acceptors (Lipinski definition) is 5. The molecule has 0 atom stereocenters. The zero-order valence-electron chi connectivity index (χ0n) is 9.67. The second-order valence-electron chi connectivity index (χ2n) is 4.30. The highest BCUT2D eigenvalue weighted by Crippen LogP contribution is 2.28. The maximum Gasteiger partial charge on any atom is 0.237 e. The van der Waals surface area contributed by atoms with Crippen molar-refractivity contribution in [2.75, 3.05) is 17.2 Å². The third kappa shape index (κ3) is 2.64. The molecule has 6 nitrogen and oxygen atoms in total. The van der Waals surface area contributed by atoms with E-state index in [1.54, 1.807) is 6.20 Å². The molecular weight excluding hydrogens is 218 g/mol. The lowest BCUT2D eigenvalue weighted by molar-refractivity contribution is -0.116. The maximum absolute atomic E-state index is 11.1. The molecule has 1 fully saturated rings. The second-order valence-corrected chi connectivity index (χ2v) is 4.30. The van der Waals surface area contributed by atoms with Crippen molar-refractivity contribution in [1.82, 2.24) is 9.97 Å². The highest BCUT2D eigenvalue weighted by molar-refractivity contribution is 5.80. The van der Waals surface area contributed by atoms with E-state index in [2.05, 4.69) is 9.97 Å². The van der Waals surface area contributed by atoms with Crippen LogP contribution >= 0.6 is 0 Å². The minimum atomic E-state index is -0.373. The molecule has 17 heavy (non-hydrogen) atoms. The van der Waals surface area contributed by atoms with Gasteiger partial charge in [-0.25, -0.2) is 9.97 Å². The third-order valence-corrected chi connectivity index (χ3v) is 3.07. The Bertz CT molecular complexity index is 403. The number of nitrogens with zero attached hydrogens (tertiary/aromatic N) is 3. The van der Waals surface area contributed by atoms with E-state index in [0.717, 1.165) is 12.8 Å². The van der Waals surface area contributed by atoms with Crippen LogP contribution in [0.1, 0.15) is 25.7 Å². The summed E-state index contributed by atoms with van der Waals surface area (Å²) in [7, 11) is 0. The number of hydrogen-bond donors (Lipinski definition) is 2. The van der Waals surface area contributed by atoms with Crippen LogP contribution in [0.15, 0.2) is 12.4 Å². The first kappa shape index (κ1) is 11.6. The Morgan fingerprint density at radius 1 is 1.35 bits per heavy atom. The number of carbonyl (C=O) groups is 1. The van der Waals surface area contributed by atoms with E-state index < -0.39 is 0 Å². The fourth-order valence-electron chi connectivity index (χ4n) is 2.32. The van der Waals surface area contributed by atoms with Crippen LogP contribution < -0.4 is 16.4 Å². The third-order valence-electron chi connectivity index (χ3n) is 3.07. The molecule has 0 aromatic carbocycles. The van der Waals surface area contributed by atoms with Gasteiger partial charge in [0.1, 0.15) is 0 Å². The molecule has 0 radical (unpaired) electrons. The molecule has 0 saturated heterocycles. The van der Waals surface area contributed by atoms with Crippen molar-refractivity contribution in [3.05, 3.63) is 12.4 Å². The van der Waals surface area contributed by atoms with E-state index in [0.29, 0.717) is 17.7 Å². The molecule has 92 valence electrons. The molecule has 0 aliphatic heterocycles. The Hall–Kier alpha value is -1.85. The van der Waals surface area contributed by atoms with Gasteiger partial charge in [-0.2, -0.15) is 0 Å². The zero-order valence-corrected chi connectivity index (χ0v) is 9.67. The van der Waals surface area contributed by atoms with Gasteiger partial charge < -0.3 is 16.4 Å². The number of nitrogens with two attached hydrogens (primary N) is 2. The van der Waals surface area contributed by atoms with Gasteiger partial charge in [0, 0.05) is 18.4 Å². The van der Waals surface area contributed by atoms with Crippen molar-refractivity contribution in [2.24, 2.45) is 5.73 Å². The minimum absolute atomic E-state index is 0.146. The summed E-state index contributed by atoms with van der Waals surface area (Å²) in [5.41, 5.74) is 11.1. The van der Waals surface area contributed by atoms with Gasteiger partial charge in [-0.15, -0.1) is 0 Å².